The maximum atomic E-state index is 12.6. The number of likely N-dealkylation sites (tertiary alicyclic amines) is 1. The summed E-state index contributed by atoms with van der Waals surface area (Å²) < 4.78 is 11.0. The van der Waals surface area contributed by atoms with Crippen LogP contribution in [0, 0.1) is 5.92 Å². The molecule has 160 valence electrons. The molecule has 0 atom stereocenters. The van der Waals surface area contributed by atoms with E-state index in [1.54, 1.807) is 12.0 Å². The molecule has 4 rings (SSSR count). The van der Waals surface area contributed by atoms with Gasteiger partial charge in [-0.05, 0) is 47.9 Å². The molecule has 0 unspecified atom stereocenters. The standard InChI is InChI=1S/C25H26N2O4/c1-30-23-9-5-4-8-22(23)26-25(29)19-12-14-27(15-13-19)24(28)17-31-21-11-10-18-6-2-3-7-20(18)16-21/h2-11,16,19H,12-15,17H2,1H3,(H,26,29). The second kappa shape index (κ2) is 9.51. The summed E-state index contributed by atoms with van der Waals surface area (Å²) in [7, 11) is 1.58. The molecule has 6 heteroatoms. The molecular formula is C25H26N2O4. The Morgan fingerprint density at radius 1 is 0.968 bits per heavy atom. The average Bonchev–Trinajstić information content (AvgIpc) is 2.82. The van der Waals surface area contributed by atoms with Gasteiger partial charge in [0.1, 0.15) is 11.5 Å². The predicted molar refractivity (Wildman–Crippen MR) is 120 cm³/mol. The van der Waals surface area contributed by atoms with Crippen molar-refractivity contribution in [2.24, 2.45) is 5.92 Å². The smallest absolute Gasteiger partial charge is 0.260 e. The number of hydrogen-bond donors (Lipinski definition) is 1. The SMILES string of the molecule is COc1ccccc1NC(=O)C1CCN(C(=O)COc2ccc3ccccc3c2)CC1. The van der Waals surface area contributed by atoms with E-state index in [9.17, 15) is 9.59 Å². The van der Waals surface area contributed by atoms with Crippen molar-refractivity contribution in [3.63, 3.8) is 0 Å². The monoisotopic (exact) mass is 418 g/mol. The molecule has 0 aromatic heterocycles. The van der Waals surface area contributed by atoms with Gasteiger partial charge < -0.3 is 19.7 Å². The van der Waals surface area contributed by atoms with Gasteiger partial charge in [-0.3, -0.25) is 9.59 Å². The van der Waals surface area contributed by atoms with Gasteiger partial charge in [0.25, 0.3) is 5.91 Å². The maximum Gasteiger partial charge on any atom is 0.260 e. The first-order valence-electron chi connectivity index (χ1n) is 10.5. The number of benzene rings is 3. The molecule has 3 aromatic carbocycles. The van der Waals surface area contributed by atoms with E-state index in [0.717, 1.165) is 10.8 Å². The number of anilines is 1. The lowest BCUT2D eigenvalue weighted by Crippen LogP contribution is -2.43. The van der Waals surface area contributed by atoms with Crippen LogP contribution in [0.1, 0.15) is 12.8 Å². The fourth-order valence-electron chi connectivity index (χ4n) is 3.87. The summed E-state index contributed by atoms with van der Waals surface area (Å²) in [5, 5.41) is 5.16. The Kier molecular flexibility index (Phi) is 6.36. The molecule has 0 radical (unpaired) electrons. The van der Waals surface area contributed by atoms with Crippen LogP contribution in [0.2, 0.25) is 0 Å². The average molecular weight is 418 g/mol. The van der Waals surface area contributed by atoms with Gasteiger partial charge in [-0.25, -0.2) is 0 Å². The van der Waals surface area contributed by atoms with Crippen molar-refractivity contribution in [1.82, 2.24) is 4.90 Å². The van der Waals surface area contributed by atoms with E-state index >= 15 is 0 Å². The zero-order valence-electron chi connectivity index (χ0n) is 17.5. The largest absolute Gasteiger partial charge is 0.495 e. The second-order valence-electron chi connectivity index (χ2n) is 7.64. The van der Waals surface area contributed by atoms with Crippen molar-refractivity contribution >= 4 is 28.3 Å². The number of nitrogens with zero attached hydrogens (tertiary/aromatic N) is 1. The second-order valence-corrected chi connectivity index (χ2v) is 7.64. The van der Waals surface area contributed by atoms with Crippen LogP contribution in [0.15, 0.2) is 66.7 Å². The number of rotatable bonds is 6. The minimum absolute atomic E-state index is 0.00355. The zero-order valence-corrected chi connectivity index (χ0v) is 17.5. The predicted octanol–water partition coefficient (Wildman–Crippen LogP) is 4.10. The number of hydrogen-bond acceptors (Lipinski definition) is 4. The number of fused-ring (bicyclic) bond motifs is 1. The highest BCUT2D eigenvalue weighted by atomic mass is 16.5. The lowest BCUT2D eigenvalue weighted by molar-refractivity contribution is -0.136. The van der Waals surface area contributed by atoms with Gasteiger partial charge in [0.15, 0.2) is 6.61 Å². The first kappa shape index (κ1) is 20.7. The van der Waals surface area contributed by atoms with Gasteiger partial charge in [-0.1, -0.05) is 42.5 Å². The van der Waals surface area contributed by atoms with Crippen molar-refractivity contribution in [3.05, 3.63) is 66.7 Å². The number of methoxy groups -OCH3 is 1. The zero-order chi connectivity index (χ0) is 21.6. The summed E-state index contributed by atoms with van der Waals surface area (Å²) in [6.07, 6.45) is 1.26. The molecule has 1 aliphatic rings. The summed E-state index contributed by atoms with van der Waals surface area (Å²) in [5.41, 5.74) is 0.664. The molecule has 1 N–H and O–H groups in total. The molecule has 2 amide bonds. The van der Waals surface area contributed by atoms with E-state index in [1.807, 2.05) is 66.7 Å². The van der Waals surface area contributed by atoms with Crippen molar-refractivity contribution in [2.45, 2.75) is 12.8 Å². The molecule has 6 nitrogen and oxygen atoms in total. The van der Waals surface area contributed by atoms with Crippen LogP contribution in [-0.2, 0) is 9.59 Å². The molecule has 1 heterocycles. The van der Waals surface area contributed by atoms with Crippen LogP contribution in [0.25, 0.3) is 10.8 Å². The third-order valence-corrected chi connectivity index (χ3v) is 5.67. The summed E-state index contributed by atoms with van der Waals surface area (Å²) in [6.45, 7) is 1.09. The molecule has 0 aliphatic carbocycles. The molecule has 1 aliphatic heterocycles. The highest BCUT2D eigenvalue weighted by Crippen LogP contribution is 2.26. The topological polar surface area (TPSA) is 67.9 Å². The molecule has 1 fully saturated rings. The molecular weight excluding hydrogens is 392 g/mol. The van der Waals surface area contributed by atoms with Crippen LogP contribution in [-0.4, -0.2) is 43.5 Å². The number of carbonyl (C=O) groups excluding carboxylic acids is 2. The molecule has 1 saturated heterocycles. The van der Waals surface area contributed by atoms with Gasteiger partial charge in [0, 0.05) is 19.0 Å². The number of piperidine rings is 1. The number of nitrogens with one attached hydrogen (secondary N) is 1. The van der Waals surface area contributed by atoms with Crippen molar-refractivity contribution in [3.8, 4) is 11.5 Å². The van der Waals surface area contributed by atoms with Gasteiger partial charge in [0.05, 0.1) is 12.8 Å². The van der Waals surface area contributed by atoms with Crippen LogP contribution >= 0.6 is 0 Å². The highest BCUT2D eigenvalue weighted by molar-refractivity contribution is 5.94. The van der Waals surface area contributed by atoms with Crippen molar-refractivity contribution in [2.75, 3.05) is 32.1 Å². The lowest BCUT2D eigenvalue weighted by Gasteiger charge is -2.31. The number of carbonyl (C=O) groups is 2. The highest BCUT2D eigenvalue weighted by Gasteiger charge is 2.28. The van der Waals surface area contributed by atoms with Crippen molar-refractivity contribution < 1.29 is 19.1 Å². The van der Waals surface area contributed by atoms with E-state index < -0.39 is 0 Å². The third kappa shape index (κ3) is 4.97. The summed E-state index contributed by atoms with van der Waals surface area (Å²) in [4.78, 5) is 27.0. The molecule has 31 heavy (non-hydrogen) atoms. The Bertz CT molecular complexity index is 1070. The normalized spacial score (nSPS) is 14.3. The number of ether oxygens (including phenoxy) is 2. The number of para-hydroxylation sites is 2. The first-order chi connectivity index (χ1) is 15.1. The minimum Gasteiger partial charge on any atom is -0.495 e. The Morgan fingerprint density at radius 3 is 2.45 bits per heavy atom. The maximum absolute atomic E-state index is 12.6. The van der Waals surface area contributed by atoms with Crippen LogP contribution in [0.4, 0.5) is 5.69 Å². The quantitative estimate of drug-likeness (QED) is 0.654. The van der Waals surface area contributed by atoms with Gasteiger partial charge in [-0.15, -0.1) is 0 Å². The lowest BCUT2D eigenvalue weighted by atomic mass is 9.95. The fraction of sp³-hybridized carbons (Fsp3) is 0.280. The van der Waals surface area contributed by atoms with Gasteiger partial charge >= 0.3 is 0 Å². The molecule has 0 spiro atoms. The summed E-state index contributed by atoms with van der Waals surface area (Å²) in [5.74, 6) is 1.09. The van der Waals surface area contributed by atoms with E-state index in [-0.39, 0.29) is 24.3 Å². The number of amides is 2. The van der Waals surface area contributed by atoms with E-state index in [4.69, 9.17) is 9.47 Å². The minimum atomic E-state index is -0.129. The molecule has 0 bridgehead atoms. The van der Waals surface area contributed by atoms with Gasteiger partial charge in [0.2, 0.25) is 5.91 Å². The summed E-state index contributed by atoms with van der Waals surface area (Å²) >= 11 is 0. The first-order valence-corrected chi connectivity index (χ1v) is 10.5. The Balaban J connectivity index is 1.26. The van der Waals surface area contributed by atoms with Crippen LogP contribution in [0.3, 0.4) is 0 Å². The van der Waals surface area contributed by atoms with Crippen molar-refractivity contribution in [1.29, 1.82) is 0 Å². The van der Waals surface area contributed by atoms with E-state index in [2.05, 4.69) is 5.32 Å². The summed E-state index contributed by atoms with van der Waals surface area (Å²) in [6, 6.07) is 21.2. The third-order valence-electron chi connectivity index (χ3n) is 5.67. The Hall–Kier alpha value is -3.54. The molecule has 3 aromatic rings. The van der Waals surface area contributed by atoms with E-state index in [1.165, 1.54) is 0 Å². The van der Waals surface area contributed by atoms with Crippen LogP contribution in [0.5, 0.6) is 11.5 Å². The Labute approximate surface area is 181 Å². The van der Waals surface area contributed by atoms with Crippen LogP contribution < -0.4 is 14.8 Å². The fourth-order valence-corrected chi connectivity index (χ4v) is 3.87. The van der Waals surface area contributed by atoms with Gasteiger partial charge in [-0.2, -0.15) is 0 Å². The Morgan fingerprint density at radius 2 is 1.68 bits per heavy atom. The molecule has 0 saturated carbocycles. The van der Waals surface area contributed by atoms with E-state index in [0.29, 0.717) is 43.1 Å².